The Morgan fingerprint density at radius 1 is 1.11 bits per heavy atom. The Morgan fingerprint density at radius 3 is 2.55 bits per heavy atom. The van der Waals surface area contributed by atoms with Gasteiger partial charge in [0.15, 0.2) is 16.3 Å². The molecule has 0 spiro atoms. The summed E-state index contributed by atoms with van der Waals surface area (Å²) in [5.74, 6) is 0.401. The molecule has 3 aromatic carbocycles. The number of aromatic nitrogens is 1. The molecule has 10 nitrogen and oxygen atoms in total. The van der Waals surface area contributed by atoms with E-state index in [0.29, 0.717) is 49.8 Å². The summed E-state index contributed by atoms with van der Waals surface area (Å²) in [6, 6.07) is 16.9. The zero-order chi connectivity index (χ0) is 31.5. The van der Waals surface area contributed by atoms with Gasteiger partial charge in [0.25, 0.3) is 11.2 Å². The van der Waals surface area contributed by atoms with Crippen molar-refractivity contribution in [2.24, 2.45) is 4.99 Å². The van der Waals surface area contributed by atoms with Gasteiger partial charge < -0.3 is 14.2 Å². The molecule has 226 valence electrons. The molecule has 1 aromatic heterocycles. The van der Waals surface area contributed by atoms with E-state index in [-0.39, 0.29) is 17.9 Å². The third-order valence-electron chi connectivity index (χ3n) is 7.06. The molecule has 2 heterocycles. The molecule has 0 aliphatic carbocycles. The number of nitro groups is 1. The molecule has 12 heteroatoms. The first kappa shape index (κ1) is 30.9. The molecule has 0 amide bonds. The van der Waals surface area contributed by atoms with E-state index in [1.54, 1.807) is 58.2 Å². The summed E-state index contributed by atoms with van der Waals surface area (Å²) in [5, 5.41) is 11.8. The summed E-state index contributed by atoms with van der Waals surface area (Å²) in [6.07, 6.45) is 1.71. The highest BCUT2D eigenvalue weighted by Crippen LogP contribution is 2.34. The summed E-state index contributed by atoms with van der Waals surface area (Å²) >= 11 is 4.58. The van der Waals surface area contributed by atoms with Gasteiger partial charge in [-0.25, -0.2) is 9.79 Å². The highest BCUT2D eigenvalue weighted by Gasteiger charge is 2.34. The normalized spacial score (nSPS) is 14.6. The highest BCUT2D eigenvalue weighted by molar-refractivity contribution is 9.10. The molecular formula is C32H28BrN3O7S. The minimum atomic E-state index is -0.962. The topological polar surface area (TPSA) is 122 Å². The van der Waals surface area contributed by atoms with Crippen molar-refractivity contribution in [3.8, 4) is 11.5 Å². The number of halogens is 1. The van der Waals surface area contributed by atoms with Crippen LogP contribution in [0.3, 0.4) is 0 Å². The number of rotatable bonds is 9. The fourth-order valence-corrected chi connectivity index (χ4v) is 6.20. The van der Waals surface area contributed by atoms with Gasteiger partial charge in [0.05, 0.1) is 40.5 Å². The van der Waals surface area contributed by atoms with Crippen molar-refractivity contribution in [3.63, 3.8) is 0 Å². The number of benzene rings is 3. The Hall–Kier alpha value is -4.55. The fraction of sp³-hybridized carbons (Fsp3) is 0.219. The van der Waals surface area contributed by atoms with Crippen LogP contribution in [0.15, 0.2) is 86.2 Å². The lowest BCUT2D eigenvalue weighted by Crippen LogP contribution is -2.40. The van der Waals surface area contributed by atoms with Crippen molar-refractivity contribution in [1.82, 2.24) is 4.57 Å². The number of nitrogens with zero attached hydrogens (tertiary/aromatic N) is 3. The highest BCUT2D eigenvalue weighted by atomic mass is 79.9. The van der Waals surface area contributed by atoms with Crippen LogP contribution in [0.25, 0.3) is 6.08 Å². The maximum atomic E-state index is 13.9. The minimum Gasteiger partial charge on any atom is -0.493 e. The summed E-state index contributed by atoms with van der Waals surface area (Å²) in [7, 11) is 1.54. The smallest absolute Gasteiger partial charge is 0.338 e. The molecule has 0 N–H and O–H groups in total. The SMILES string of the molecule is CCOC(=O)C1=C(C)N=c2s/c(=C/c3ccc(OCc4ccc(Br)cc4)c(OC)c3)c(=O)n2[C@@H]1c1ccc(C)c([N+](=O)[O-])c1. The first-order valence-corrected chi connectivity index (χ1v) is 15.2. The Labute approximate surface area is 264 Å². The zero-order valence-corrected chi connectivity index (χ0v) is 26.7. The van der Waals surface area contributed by atoms with Crippen molar-refractivity contribution in [1.29, 1.82) is 0 Å². The third-order valence-corrected chi connectivity index (χ3v) is 8.57. The van der Waals surface area contributed by atoms with Crippen LogP contribution in [0.1, 0.15) is 42.1 Å². The molecule has 0 saturated carbocycles. The van der Waals surface area contributed by atoms with Gasteiger partial charge in [-0.05, 0) is 67.8 Å². The second-order valence-corrected chi connectivity index (χ2v) is 11.9. The van der Waals surface area contributed by atoms with Crippen LogP contribution in [0.5, 0.6) is 11.5 Å². The molecule has 0 bridgehead atoms. The third kappa shape index (κ3) is 6.22. The molecule has 1 aliphatic heterocycles. The Kier molecular flexibility index (Phi) is 9.12. The number of carbonyl (C=O) groups excluding carboxylic acids is 1. The zero-order valence-electron chi connectivity index (χ0n) is 24.3. The average Bonchev–Trinajstić information content (AvgIpc) is 3.30. The monoisotopic (exact) mass is 677 g/mol. The van der Waals surface area contributed by atoms with Gasteiger partial charge in [-0.1, -0.05) is 57.6 Å². The van der Waals surface area contributed by atoms with E-state index in [2.05, 4.69) is 20.9 Å². The Balaban J connectivity index is 1.57. The van der Waals surface area contributed by atoms with Gasteiger partial charge >= 0.3 is 5.97 Å². The number of hydrogen-bond acceptors (Lipinski definition) is 9. The molecule has 0 radical (unpaired) electrons. The predicted octanol–water partition coefficient (Wildman–Crippen LogP) is 5.37. The first-order chi connectivity index (χ1) is 21.1. The van der Waals surface area contributed by atoms with Crippen LogP contribution >= 0.6 is 27.3 Å². The number of hydrogen-bond donors (Lipinski definition) is 0. The van der Waals surface area contributed by atoms with Crippen molar-refractivity contribution in [3.05, 3.63) is 128 Å². The molecule has 1 atom stereocenters. The number of esters is 1. The number of ether oxygens (including phenoxy) is 3. The second-order valence-electron chi connectivity index (χ2n) is 9.93. The number of thiazole rings is 1. The summed E-state index contributed by atoms with van der Waals surface area (Å²) in [5.41, 5.74) is 2.56. The minimum absolute atomic E-state index is 0.114. The lowest BCUT2D eigenvalue weighted by molar-refractivity contribution is -0.385. The van der Waals surface area contributed by atoms with Crippen LogP contribution in [0, 0.1) is 17.0 Å². The van der Waals surface area contributed by atoms with Crippen LogP contribution in [0.4, 0.5) is 5.69 Å². The van der Waals surface area contributed by atoms with Crippen molar-refractivity contribution in [2.75, 3.05) is 13.7 Å². The molecule has 44 heavy (non-hydrogen) atoms. The van der Waals surface area contributed by atoms with Crippen molar-refractivity contribution >= 4 is 45.0 Å². The van der Waals surface area contributed by atoms with Crippen LogP contribution in [-0.4, -0.2) is 29.2 Å². The number of nitro benzene ring substituents is 1. The molecule has 0 unspecified atom stereocenters. The fourth-order valence-electron chi connectivity index (χ4n) is 4.89. The number of fused-ring (bicyclic) bond motifs is 1. The van der Waals surface area contributed by atoms with E-state index in [1.165, 1.54) is 10.6 Å². The van der Waals surface area contributed by atoms with Gasteiger partial charge in [-0.2, -0.15) is 0 Å². The van der Waals surface area contributed by atoms with Gasteiger partial charge in [0.1, 0.15) is 6.61 Å². The molecule has 0 saturated heterocycles. The molecule has 5 rings (SSSR count). The van der Waals surface area contributed by atoms with E-state index in [1.807, 2.05) is 30.3 Å². The Morgan fingerprint density at radius 2 is 1.86 bits per heavy atom. The van der Waals surface area contributed by atoms with Crippen LogP contribution < -0.4 is 24.4 Å². The lowest BCUT2D eigenvalue weighted by atomic mass is 9.94. The van der Waals surface area contributed by atoms with Crippen LogP contribution in [0.2, 0.25) is 0 Å². The van der Waals surface area contributed by atoms with Gasteiger partial charge in [-0.15, -0.1) is 0 Å². The average molecular weight is 679 g/mol. The lowest BCUT2D eigenvalue weighted by Gasteiger charge is -2.24. The number of methoxy groups -OCH3 is 1. The Bertz CT molecular complexity index is 1980. The van der Waals surface area contributed by atoms with Gasteiger partial charge in [0.2, 0.25) is 0 Å². The summed E-state index contributed by atoms with van der Waals surface area (Å²) in [6.45, 7) is 5.44. The van der Waals surface area contributed by atoms with E-state index in [9.17, 15) is 19.7 Å². The van der Waals surface area contributed by atoms with E-state index >= 15 is 0 Å². The second kappa shape index (κ2) is 13.0. The first-order valence-electron chi connectivity index (χ1n) is 13.6. The standard InChI is InChI=1S/C32H28BrN3O7S/c1-5-42-31(38)28-19(3)34-32-35(29(28)22-10-6-18(2)24(16-22)36(39)40)30(37)27(44-32)15-21-9-13-25(26(14-21)41-4)43-17-20-7-11-23(33)12-8-20/h6-16,29H,5,17H2,1-4H3/b27-15+/t29-/m1/s1. The quantitative estimate of drug-likeness (QED) is 0.133. The van der Waals surface area contributed by atoms with Crippen molar-refractivity contribution in [2.45, 2.75) is 33.4 Å². The molecule has 4 aromatic rings. The molecule has 0 fully saturated rings. The van der Waals surface area contributed by atoms with E-state index in [4.69, 9.17) is 14.2 Å². The maximum Gasteiger partial charge on any atom is 0.338 e. The van der Waals surface area contributed by atoms with Crippen molar-refractivity contribution < 1.29 is 23.9 Å². The van der Waals surface area contributed by atoms with E-state index < -0.39 is 22.5 Å². The number of aryl methyl sites for hydroxylation is 1. The summed E-state index contributed by atoms with van der Waals surface area (Å²) in [4.78, 5) is 43.3. The van der Waals surface area contributed by atoms with Gasteiger partial charge in [0, 0.05) is 16.1 Å². The van der Waals surface area contributed by atoms with E-state index in [0.717, 1.165) is 21.4 Å². The maximum absolute atomic E-state index is 13.9. The van der Waals surface area contributed by atoms with Gasteiger partial charge in [-0.3, -0.25) is 19.5 Å². The number of allylic oxidation sites excluding steroid dienone is 1. The van der Waals surface area contributed by atoms with Crippen LogP contribution in [-0.2, 0) is 16.1 Å². The summed E-state index contributed by atoms with van der Waals surface area (Å²) < 4.78 is 19.6. The largest absolute Gasteiger partial charge is 0.493 e. The molecular weight excluding hydrogens is 650 g/mol. The predicted molar refractivity (Wildman–Crippen MR) is 170 cm³/mol. The molecule has 1 aliphatic rings. The number of carbonyl (C=O) groups is 1.